The molecule has 0 radical (unpaired) electrons. The topological polar surface area (TPSA) is 178 Å². The minimum Gasteiger partial charge on any atom is -0.478 e. The Morgan fingerprint density at radius 1 is 0.800 bits per heavy atom. The first-order chi connectivity index (χ1) is 23.9. The van der Waals surface area contributed by atoms with Crippen molar-refractivity contribution in [3.8, 4) is 0 Å². The summed E-state index contributed by atoms with van der Waals surface area (Å²) in [5.41, 5.74) is 1.15. The summed E-state index contributed by atoms with van der Waals surface area (Å²) in [6.45, 7) is 0.560. The summed E-state index contributed by atoms with van der Waals surface area (Å²) in [6.07, 6.45) is 9.06. The molecule has 1 atom stereocenters. The van der Waals surface area contributed by atoms with Crippen LogP contribution in [-0.2, 0) is 11.2 Å². The predicted octanol–water partition coefficient (Wildman–Crippen LogP) is 6.09. The maximum absolute atomic E-state index is 14.1. The second-order valence-electron chi connectivity index (χ2n) is 14.3. The number of carbonyl (C=O) groups is 5. The molecule has 1 aromatic heterocycles. The number of benzene rings is 3. The number of aromatic amines is 1. The summed E-state index contributed by atoms with van der Waals surface area (Å²) >= 11 is 2.16. The number of carbonyl (C=O) groups excluding carboxylic acids is 3. The van der Waals surface area contributed by atoms with Gasteiger partial charge in [-0.25, -0.2) is 9.59 Å². The number of carboxylic acids is 2. The van der Waals surface area contributed by atoms with Crippen molar-refractivity contribution in [3.63, 3.8) is 0 Å². The zero-order chi connectivity index (χ0) is 35.2. The van der Waals surface area contributed by atoms with Gasteiger partial charge >= 0.3 is 11.9 Å². The van der Waals surface area contributed by atoms with Gasteiger partial charge in [0.05, 0.1) is 22.3 Å². The first kappa shape index (κ1) is 33.8. The van der Waals surface area contributed by atoms with Crippen LogP contribution in [-0.4, -0.2) is 57.4 Å². The summed E-state index contributed by atoms with van der Waals surface area (Å²) in [6, 6.07) is 14.6. The van der Waals surface area contributed by atoms with Gasteiger partial charge in [0.2, 0.25) is 5.91 Å². The lowest BCUT2D eigenvalue weighted by molar-refractivity contribution is -0.118. The van der Waals surface area contributed by atoms with Crippen LogP contribution in [0, 0.1) is 26.7 Å². The third kappa shape index (κ3) is 7.11. The van der Waals surface area contributed by atoms with E-state index in [1.165, 1.54) is 19.3 Å². The quantitative estimate of drug-likeness (QED) is 0.0996. The van der Waals surface area contributed by atoms with E-state index in [1.54, 1.807) is 24.4 Å². The standard InChI is InChI=1S/C38H37IN4O7/c39-27-3-1-20(2-4-27)10-32(35(46)42-28-12-25(36(47)48)11-26(13-28)37(49)50)43-34(45)29-14-24-5-6-40-31(24)15-30(29)33(44)41-19-38-16-21-7-22(17-38)9-23(8-21)18-38/h1-6,11-15,21-23,32,40H,7-10,16-19H2,(H,41,44)(H,42,46)(H,43,45)(H,47,48)(H,49,50)/t21?,22?,23?,32-,38?/m0/s1. The van der Waals surface area contributed by atoms with Crippen LogP contribution in [0.3, 0.4) is 0 Å². The molecule has 12 heteroatoms. The summed E-state index contributed by atoms with van der Waals surface area (Å²) < 4.78 is 0.979. The molecule has 1 heterocycles. The van der Waals surface area contributed by atoms with E-state index in [2.05, 4.69) is 43.5 Å². The van der Waals surface area contributed by atoms with Gasteiger partial charge in [-0.3, -0.25) is 14.4 Å². The fourth-order valence-corrected chi connectivity index (χ4v) is 9.18. The Morgan fingerprint density at radius 3 is 2.00 bits per heavy atom. The van der Waals surface area contributed by atoms with E-state index < -0.39 is 29.8 Å². The zero-order valence-corrected chi connectivity index (χ0v) is 29.3. The van der Waals surface area contributed by atoms with Gasteiger partial charge < -0.3 is 31.1 Å². The van der Waals surface area contributed by atoms with Gasteiger partial charge in [0, 0.05) is 39.3 Å². The molecule has 4 fully saturated rings. The van der Waals surface area contributed by atoms with Crippen LogP contribution in [0.4, 0.5) is 5.69 Å². The van der Waals surface area contributed by atoms with Gasteiger partial charge in [0.1, 0.15) is 6.04 Å². The average Bonchev–Trinajstić information content (AvgIpc) is 3.54. The molecule has 4 aliphatic rings. The van der Waals surface area contributed by atoms with Crippen molar-refractivity contribution in [1.29, 1.82) is 0 Å². The first-order valence-electron chi connectivity index (χ1n) is 16.8. The molecule has 4 bridgehead atoms. The number of fused-ring (bicyclic) bond motifs is 1. The van der Waals surface area contributed by atoms with Gasteiger partial charge in [-0.15, -0.1) is 0 Å². The molecule has 3 amide bonds. The van der Waals surface area contributed by atoms with E-state index in [9.17, 15) is 34.2 Å². The first-order valence-corrected chi connectivity index (χ1v) is 17.9. The largest absolute Gasteiger partial charge is 0.478 e. The molecule has 258 valence electrons. The Balaban J connectivity index is 1.15. The number of nitrogens with one attached hydrogen (secondary N) is 4. The second-order valence-corrected chi connectivity index (χ2v) is 15.6. The van der Waals surface area contributed by atoms with Gasteiger partial charge in [0.25, 0.3) is 11.8 Å². The fourth-order valence-electron chi connectivity index (χ4n) is 8.82. The molecule has 4 aliphatic carbocycles. The molecule has 0 aliphatic heterocycles. The zero-order valence-electron chi connectivity index (χ0n) is 27.1. The van der Waals surface area contributed by atoms with Crippen molar-refractivity contribution in [2.24, 2.45) is 23.2 Å². The number of anilines is 1. The third-order valence-corrected chi connectivity index (χ3v) is 11.4. The van der Waals surface area contributed by atoms with Crippen molar-refractivity contribution in [3.05, 3.63) is 98.2 Å². The molecule has 4 saturated carbocycles. The number of carboxylic acid groups (broad SMARTS) is 2. The maximum Gasteiger partial charge on any atom is 0.335 e. The Morgan fingerprint density at radius 2 is 1.40 bits per heavy atom. The SMILES string of the molecule is O=C(O)c1cc(NC(=O)[C@H](Cc2ccc(I)cc2)NC(=O)c2cc3cc[nH]c3cc2C(=O)NCC23CC4CC(CC(C4)C2)C3)cc(C(=O)O)c1. The average molecular weight is 789 g/mol. The smallest absolute Gasteiger partial charge is 0.335 e. The minimum absolute atomic E-state index is 0.0485. The number of rotatable bonds is 11. The molecular weight excluding hydrogens is 751 g/mol. The normalized spacial score (nSPS) is 22.5. The highest BCUT2D eigenvalue weighted by Gasteiger charge is 2.50. The van der Waals surface area contributed by atoms with E-state index in [-0.39, 0.29) is 45.7 Å². The molecule has 0 saturated heterocycles. The van der Waals surface area contributed by atoms with Crippen LogP contribution in [0.2, 0.25) is 0 Å². The number of H-pyrrole nitrogens is 1. The fraction of sp³-hybridized carbons (Fsp3) is 0.342. The number of hydrogen-bond acceptors (Lipinski definition) is 5. The van der Waals surface area contributed by atoms with Crippen LogP contribution in [0.5, 0.6) is 0 Å². The number of aromatic nitrogens is 1. The van der Waals surface area contributed by atoms with Crippen LogP contribution in [0.1, 0.15) is 85.5 Å². The van der Waals surface area contributed by atoms with Gasteiger partial charge in [0.15, 0.2) is 0 Å². The third-order valence-electron chi connectivity index (χ3n) is 10.6. The second kappa shape index (κ2) is 13.5. The Kier molecular flexibility index (Phi) is 9.14. The maximum atomic E-state index is 14.1. The highest BCUT2D eigenvalue weighted by atomic mass is 127. The minimum atomic E-state index is -1.36. The molecular formula is C38H37IN4O7. The van der Waals surface area contributed by atoms with E-state index in [1.807, 2.05) is 24.3 Å². The number of hydrogen-bond donors (Lipinski definition) is 6. The van der Waals surface area contributed by atoms with Crippen LogP contribution < -0.4 is 16.0 Å². The van der Waals surface area contributed by atoms with Crippen molar-refractivity contribution >= 4 is 68.8 Å². The molecule has 4 aromatic rings. The molecule has 6 N–H and O–H groups in total. The Labute approximate surface area is 301 Å². The van der Waals surface area contributed by atoms with Gasteiger partial charge in [-0.05, 0) is 138 Å². The van der Waals surface area contributed by atoms with E-state index in [0.29, 0.717) is 12.1 Å². The molecule has 50 heavy (non-hydrogen) atoms. The monoisotopic (exact) mass is 788 g/mol. The number of halogens is 1. The van der Waals surface area contributed by atoms with Crippen LogP contribution in [0.25, 0.3) is 10.9 Å². The molecule has 0 spiro atoms. The molecule has 3 aromatic carbocycles. The lowest BCUT2D eigenvalue weighted by Gasteiger charge is -2.56. The van der Waals surface area contributed by atoms with Crippen molar-refractivity contribution in [2.75, 3.05) is 11.9 Å². The number of amides is 3. The lowest BCUT2D eigenvalue weighted by atomic mass is 9.49. The summed E-state index contributed by atoms with van der Waals surface area (Å²) in [7, 11) is 0. The highest BCUT2D eigenvalue weighted by Crippen LogP contribution is 2.59. The predicted molar refractivity (Wildman–Crippen MR) is 194 cm³/mol. The lowest BCUT2D eigenvalue weighted by Crippen LogP contribution is -2.51. The van der Waals surface area contributed by atoms with E-state index in [4.69, 9.17) is 0 Å². The molecule has 8 rings (SSSR count). The molecule has 0 unspecified atom stereocenters. The highest BCUT2D eigenvalue weighted by molar-refractivity contribution is 14.1. The molecule has 11 nitrogen and oxygen atoms in total. The van der Waals surface area contributed by atoms with Crippen molar-refractivity contribution < 1.29 is 34.2 Å². The van der Waals surface area contributed by atoms with Crippen LogP contribution >= 0.6 is 22.6 Å². The summed E-state index contributed by atoms with van der Waals surface area (Å²) in [4.78, 5) is 68.3. The summed E-state index contributed by atoms with van der Waals surface area (Å²) in [5.74, 6) is -2.21. The van der Waals surface area contributed by atoms with Gasteiger partial charge in [-0.2, -0.15) is 0 Å². The number of aromatic carboxylic acids is 2. The van der Waals surface area contributed by atoms with Crippen molar-refractivity contribution in [1.82, 2.24) is 15.6 Å². The van der Waals surface area contributed by atoms with E-state index in [0.717, 1.165) is 69.7 Å². The summed E-state index contributed by atoms with van der Waals surface area (Å²) in [5, 5.41) is 28.4. The Hall–Kier alpha value is -4.72. The van der Waals surface area contributed by atoms with Gasteiger partial charge in [-0.1, -0.05) is 12.1 Å². The Bertz CT molecular complexity index is 1950. The van der Waals surface area contributed by atoms with Crippen molar-refractivity contribution in [2.45, 2.75) is 51.0 Å². The van der Waals surface area contributed by atoms with Crippen LogP contribution in [0.15, 0.2) is 66.9 Å². The van der Waals surface area contributed by atoms with E-state index >= 15 is 0 Å².